The molecule has 0 heterocycles. The second-order valence-electron chi connectivity index (χ2n) is 3.19. The first-order chi connectivity index (χ1) is 7.06. The number of carbonyl (C=O) groups is 1. The maximum atomic E-state index is 10.9. The lowest BCUT2D eigenvalue weighted by molar-refractivity contribution is 0.0696. The van der Waals surface area contributed by atoms with Gasteiger partial charge in [0.1, 0.15) is 5.76 Å². The van der Waals surface area contributed by atoms with Crippen molar-refractivity contribution < 1.29 is 14.6 Å². The van der Waals surface area contributed by atoms with Crippen LogP contribution in [0.5, 0.6) is 0 Å². The molecule has 0 aliphatic carbocycles. The Morgan fingerprint density at radius 3 is 2.73 bits per heavy atom. The molecule has 0 saturated heterocycles. The van der Waals surface area contributed by atoms with E-state index in [-0.39, 0.29) is 5.56 Å². The largest absolute Gasteiger partial charge is 0.494 e. The average molecular weight is 206 g/mol. The quantitative estimate of drug-likeness (QED) is 0.770. The minimum absolute atomic E-state index is 0.286. The summed E-state index contributed by atoms with van der Waals surface area (Å²) >= 11 is 0. The van der Waals surface area contributed by atoms with Gasteiger partial charge in [0, 0.05) is 5.56 Å². The van der Waals surface area contributed by atoms with Crippen LogP contribution in [0.15, 0.2) is 24.8 Å². The van der Waals surface area contributed by atoms with Crippen molar-refractivity contribution in [3.8, 4) is 0 Å². The molecule has 3 heteroatoms. The standard InChI is InChI=1S/C12H14O3/c1-4-15-9(3)10-6-5-8(2)11(7-10)12(13)14/h5-7H,3-4H2,1-2H3,(H,13,14). The van der Waals surface area contributed by atoms with Gasteiger partial charge in [0.2, 0.25) is 0 Å². The van der Waals surface area contributed by atoms with Crippen molar-refractivity contribution in [1.82, 2.24) is 0 Å². The zero-order valence-corrected chi connectivity index (χ0v) is 8.91. The first kappa shape index (κ1) is 11.3. The van der Waals surface area contributed by atoms with Crippen molar-refractivity contribution in [3.63, 3.8) is 0 Å². The Morgan fingerprint density at radius 1 is 1.53 bits per heavy atom. The van der Waals surface area contributed by atoms with E-state index in [1.807, 2.05) is 6.92 Å². The van der Waals surface area contributed by atoms with Crippen LogP contribution in [-0.4, -0.2) is 17.7 Å². The SMILES string of the molecule is C=C(OCC)c1ccc(C)c(C(=O)O)c1. The first-order valence-corrected chi connectivity index (χ1v) is 4.72. The fraction of sp³-hybridized carbons (Fsp3) is 0.250. The Kier molecular flexibility index (Phi) is 3.50. The summed E-state index contributed by atoms with van der Waals surface area (Å²) < 4.78 is 5.22. The monoisotopic (exact) mass is 206 g/mol. The fourth-order valence-electron chi connectivity index (χ4n) is 1.28. The highest BCUT2D eigenvalue weighted by Gasteiger charge is 2.09. The predicted molar refractivity (Wildman–Crippen MR) is 58.8 cm³/mol. The molecule has 0 atom stereocenters. The van der Waals surface area contributed by atoms with Crippen LogP contribution in [-0.2, 0) is 4.74 Å². The van der Waals surface area contributed by atoms with Gasteiger partial charge in [-0.05, 0) is 25.5 Å². The van der Waals surface area contributed by atoms with E-state index in [4.69, 9.17) is 9.84 Å². The van der Waals surface area contributed by atoms with Gasteiger partial charge < -0.3 is 9.84 Å². The smallest absolute Gasteiger partial charge is 0.335 e. The zero-order chi connectivity index (χ0) is 11.4. The number of aromatic carboxylic acids is 1. The molecule has 0 bridgehead atoms. The van der Waals surface area contributed by atoms with Gasteiger partial charge in [-0.3, -0.25) is 0 Å². The highest BCUT2D eigenvalue weighted by Crippen LogP contribution is 2.18. The second-order valence-corrected chi connectivity index (χ2v) is 3.19. The van der Waals surface area contributed by atoms with Crippen molar-refractivity contribution in [3.05, 3.63) is 41.5 Å². The van der Waals surface area contributed by atoms with Gasteiger partial charge in [-0.15, -0.1) is 0 Å². The summed E-state index contributed by atoms with van der Waals surface area (Å²) in [6, 6.07) is 5.14. The van der Waals surface area contributed by atoms with Crippen molar-refractivity contribution in [2.45, 2.75) is 13.8 Å². The number of benzene rings is 1. The molecule has 0 fully saturated rings. The third kappa shape index (κ3) is 2.59. The third-order valence-electron chi connectivity index (χ3n) is 2.11. The van der Waals surface area contributed by atoms with Crippen LogP contribution >= 0.6 is 0 Å². The predicted octanol–water partition coefficient (Wildman–Crippen LogP) is 2.70. The molecule has 1 aromatic carbocycles. The van der Waals surface area contributed by atoms with Crippen LogP contribution < -0.4 is 0 Å². The maximum Gasteiger partial charge on any atom is 0.335 e. The molecule has 0 aliphatic rings. The van der Waals surface area contributed by atoms with Crippen molar-refractivity contribution >= 4 is 11.7 Å². The van der Waals surface area contributed by atoms with Gasteiger partial charge in [-0.2, -0.15) is 0 Å². The molecule has 80 valence electrons. The molecule has 0 aromatic heterocycles. The Bertz CT molecular complexity index is 394. The summed E-state index contributed by atoms with van der Waals surface area (Å²) in [5, 5.41) is 8.93. The average Bonchev–Trinajstić information content (AvgIpc) is 2.18. The first-order valence-electron chi connectivity index (χ1n) is 4.72. The highest BCUT2D eigenvalue weighted by molar-refractivity contribution is 5.90. The molecule has 0 saturated carbocycles. The van der Waals surface area contributed by atoms with E-state index in [1.165, 1.54) is 0 Å². The fourth-order valence-corrected chi connectivity index (χ4v) is 1.28. The Balaban J connectivity index is 3.07. The molecule has 1 aromatic rings. The van der Waals surface area contributed by atoms with E-state index in [1.54, 1.807) is 25.1 Å². The molecule has 0 unspecified atom stereocenters. The minimum atomic E-state index is -0.932. The molecule has 0 spiro atoms. The number of carboxylic acids is 1. The molecular weight excluding hydrogens is 192 g/mol. The van der Waals surface area contributed by atoms with E-state index >= 15 is 0 Å². The van der Waals surface area contributed by atoms with Gasteiger partial charge >= 0.3 is 5.97 Å². The lowest BCUT2D eigenvalue weighted by Crippen LogP contribution is -2.01. The summed E-state index contributed by atoms with van der Waals surface area (Å²) in [5.74, 6) is -0.432. The van der Waals surface area contributed by atoms with Crippen LogP contribution in [0.4, 0.5) is 0 Å². The lowest BCUT2D eigenvalue weighted by Gasteiger charge is -2.08. The van der Waals surface area contributed by atoms with E-state index in [0.717, 1.165) is 5.56 Å². The van der Waals surface area contributed by atoms with E-state index < -0.39 is 5.97 Å². The third-order valence-corrected chi connectivity index (χ3v) is 2.11. The number of carboxylic acid groups (broad SMARTS) is 1. The van der Waals surface area contributed by atoms with Crippen molar-refractivity contribution in [1.29, 1.82) is 0 Å². The lowest BCUT2D eigenvalue weighted by atomic mass is 10.0. The molecule has 15 heavy (non-hydrogen) atoms. The number of hydrogen-bond acceptors (Lipinski definition) is 2. The van der Waals surface area contributed by atoms with E-state index in [2.05, 4.69) is 6.58 Å². The maximum absolute atomic E-state index is 10.9. The zero-order valence-electron chi connectivity index (χ0n) is 8.91. The summed E-state index contributed by atoms with van der Waals surface area (Å²) in [4.78, 5) is 10.9. The van der Waals surface area contributed by atoms with Gasteiger partial charge in [0.15, 0.2) is 0 Å². The summed E-state index contributed by atoms with van der Waals surface area (Å²) in [6.07, 6.45) is 0. The van der Waals surface area contributed by atoms with E-state index in [0.29, 0.717) is 17.9 Å². The highest BCUT2D eigenvalue weighted by atomic mass is 16.5. The summed E-state index contributed by atoms with van der Waals surface area (Å²) in [7, 11) is 0. The molecule has 0 amide bonds. The van der Waals surface area contributed by atoms with Crippen LogP contribution in [0.25, 0.3) is 5.76 Å². The topological polar surface area (TPSA) is 46.5 Å². The molecule has 0 radical (unpaired) electrons. The number of aryl methyl sites for hydroxylation is 1. The van der Waals surface area contributed by atoms with E-state index in [9.17, 15) is 4.79 Å². The number of hydrogen-bond donors (Lipinski definition) is 1. The number of rotatable bonds is 4. The van der Waals surface area contributed by atoms with Gasteiger partial charge in [-0.25, -0.2) is 4.79 Å². The minimum Gasteiger partial charge on any atom is -0.494 e. The van der Waals surface area contributed by atoms with Crippen molar-refractivity contribution in [2.24, 2.45) is 0 Å². The van der Waals surface area contributed by atoms with Gasteiger partial charge in [0.05, 0.1) is 12.2 Å². The molecule has 0 aliphatic heterocycles. The van der Waals surface area contributed by atoms with Crippen LogP contribution in [0.1, 0.15) is 28.4 Å². The summed E-state index contributed by atoms with van der Waals surface area (Å²) in [5.41, 5.74) is 1.73. The normalized spacial score (nSPS) is 9.73. The molecule has 3 nitrogen and oxygen atoms in total. The van der Waals surface area contributed by atoms with Crippen LogP contribution in [0, 0.1) is 6.92 Å². The van der Waals surface area contributed by atoms with Crippen molar-refractivity contribution in [2.75, 3.05) is 6.61 Å². The van der Waals surface area contributed by atoms with Crippen LogP contribution in [0.2, 0.25) is 0 Å². The Morgan fingerprint density at radius 2 is 2.20 bits per heavy atom. The summed E-state index contributed by atoms with van der Waals surface area (Å²) in [6.45, 7) is 7.87. The van der Waals surface area contributed by atoms with Gasteiger partial charge in [-0.1, -0.05) is 18.7 Å². The Labute approximate surface area is 89.0 Å². The second kappa shape index (κ2) is 4.64. The number of ether oxygens (including phenoxy) is 1. The van der Waals surface area contributed by atoms with Gasteiger partial charge in [0.25, 0.3) is 0 Å². The Hall–Kier alpha value is -1.77. The van der Waals surface area contributed by atoms with Crippen LogP contribution in [0.3, 0.4) is 0 Å². The molecular formula is C12H14O3. The molecule has 1 N–H and O–H groups in total. The molecule has 1 rings (SSSR count).